The molecule has 1 atom stereocenters. The molecule has 1 aliphatic rings. The van der Waals surface area contributed by atoms with Crippen LogP contribution in [0.3, 0.4) is 0 Å². The molecule has 16 heavy (non-hydrogen) atoms. The number of benzene rings is 1. The summed E-state index contributed by atoms with van der Waals surface area (Å²) in [4.78, 5) is 10.9. The number of aldehydes is 1. The molecule has 0 saturated carbocycles. The zero-order valence-corrected chi connectivity index (χ0v) is 9.45. The number of halogens is 1. The van der Waals surface area contributed by atoms with E-state index in [-0.39, 0.29) is 6.79 Å². The highest BCUT2D eigenvalue weighted by Crippen LogP contribution is 2.42. The summed E-state index contributed by atoms with van der Waals surface area (Å²) in [5, 5.41) is 9.66. The number of carbonyl (C=O) groups is 1. The summed E-state index contributed by atoms with van der Waals surface area (Å²) in [5.41, 5.74) is 1.04. The Morgan fingerprint density at radius 3 is 2.88 bits per heavy atom. The Labute approximate surface area is 97.7 Å². The van der Waals surface area contributed by atoms with Gasteiger partial charge in [-0.15, -0.1) is 0 Å². The summed E-state index contributed by atoms with van der Waals surface area (Å²) in [6.45, 7) is 1.74. The molecule has 1 N–H and O–H groups in total. The first-order valence-corrected chi connectivity index (χ1v) is 5.25. The van der Waals surface area contributed by atoms with Crippen molar-refractivity contribution in [2.24, 2.45) is 0 Å². The minimum Gasteiger partial charge on any atom is -0.453 e. The first kappa shape index (κ1) is 11.2. The number of hydrogen-bond acceptors (Lipinski definition) is 4. The Balaban J connectivity index is 2.52. The van der Waals surface area contributed by atoms with Crippen LogP contribution in [0.5, 0.6) is 11.5 Å². The Kier molecular flexibility index (Phi) is 3.03. The molecule has 2 rings (SSSR count). The summed E-state index contributed by atoms with van der Waals surface area (Å²) in [6, 6.07) is 1.63. The minimum atomic E-state index is -0.508. The van der Waals surface area contributed by atoms with Crippen molar-refractivity contribution >= 4 is 17.9 Å². The monoisotopic (exact) mass is 242 g/mol. The number of fused-ring (bicyclic) bond motifs is 1. The van der Waals surface area contributed by atoms with Crippen LogP contribution in [-0.2, 0) is 6.42 Å². The van der Waals surface area contributed by atoms with Crippen LogP contribution in [0.25, 0.3) is 0 Å². The van der Waals surface area contributed by atoms with E-state index in [1.54, 1.807) is 13.0 Å². The van der Waals surface area contributed by atoms with Gasteiger partial charge in [0.05, 0.1) is 16.7 Å². The van der Waals surface area contributed by atoms with Crippen LogP contribution >= 0.6 is 11.6 Å². The van der Waals surface area contributed by atoms with Gasteiger partial charge in [0.15, 0.2) is 17.8 Å². The van der Waals surface area contributed by atoms with E-state index in [4.69, 9.17) is 21.1 Å². The molecule has 1 unspecified atom stereocenters. The van der Waals surface area contributed by atoms with Gasteiger partial charge in [0, 0.05) is 12.0 Å². The highest BCUT2D eigenvalue weighted by molar-refractivity contribution is 6.33. The van der Waals surface area contributed by atoms with Crippen molar-refractivity contribution in [3.63, 3.8) is 0 Å². The van der Waals surface area contributed by atoms with E-state index in [2.05, 4.69) is 0 Å². The summed E-state index contributed by atoms with van der Waals surface area (Å²) in [6.07, 6.45) is 0.540. The molecule has 0 aliphatic carbocycles. The maximum Gasteiger partial charge on any atom is 0.231 e. The third-order valence-corrected chi connectivity index (χ3v) is 2.65. The molecular weight excluding hydrogens is 232 g/mol. The number of rotatable bonds is 3. The first-order chi connectivity index (χ1) is 7.63. The second kappa shape index (κ2) is 4.31. The van der Waals surface area contributed by atoms with Gasteiger partial charge in [-0.25, -0.2) is 0 Å². The molecule has 4 nitrogen and oxygen atoms in total. The van der Waals surface area contributed by atoms with Gasteiger partial charge in [0.25, 0.3) is 0 Å². The van der Waals surface area contributed by atoms with Gasteiger partial charge in [0.2, 0.25) is 6.79 Å². The van der Waals surface area contributed by atoms with Gasteiger partial charge < -0.3 is 14.6 Å². The second-order valence-electron chi connectivity index (χ2n) is 3.67. The maximum atomic E-state index is 10.9. The average molecular weight is 243 g/mol. The van der Waals surface area contributed by atoms with Crippen LogP contribution in [0.1, 0.15) is 22.8 Å². The van der Waals surface area contributed by atoms with Crippen molar-refractivity contribution in [1.82, 2.24) is 0 Å². The molecule has 0 bridgehead atoms. The molecule has 1 aromatic rings. The average Bonchev–Trinajstić information content (AvgIpc) is 2.66. The van der Waals surface area contributed by atoms with E-state index >= 15 is 0 Å². The van der Waals surface area contributed by atoms with E-state index in [1.807, 2.05) is 0 Å². The quantitative estimate of drug-likeness (QED) is 0.822. The largest absolute Gasteiger partial charge is 0.453 e. The first-order valence-electron chi connectivity index (χ1n) is 4.87. The molecular formula is C11H11ClO4. The highest BCUT2D eigenvalue weighted by atomic mass is 35.5. The summed E-state index contributed by atoms with van der Waals surface area (Å²) >= 11 is 5.95. The minimum absolute atomic E-state index is 0.0727. The lowest BCUT2D eigenvalue weighted by atomic mass is 10.0. The Morgan fingerprint density at radius 2 is 2.25 bits per heavy atom. The van der Waals surface area contributed by atoms with E-state index < -0.39 is 6.10 Å². The predicted octanol–water partition coefficient (Wildman–Crippen LogP) is 1.80. The number of aliphatic hydroxyl groups excluding tert-OH is 1. The molecule has 0 fully saturated rings. The van der Waals surface area contributed by atoms with Crippen molar-refractivity contribution in [3.8, 4) is 11.5 Å². The van der Waals surface area contributed by atoms with E-state index in [9.17, 15) is 9.90 Å². The molecule has 0 aromatic heterocycles. The van der Waals surface area contributed by atoms with Crippen molar-refractivity contribution < 1.29 is 19.4 Å². The topological polar surface area (TPSA) is 55.8 Å². The maximum absolute atomic E-state index is 10.9. The Bertz CT molecular complexity index is 428. The zero-order valence-electron chi connectivity index (χ0n) is 8.70. The molecule has 1 heterocycles. The third-order valence-electron chi connectivity index (χ3n) is 2.34. The smallest absolute Gasteiger partial charge is 0.231 e. The van der Waals surface area contributed by atoms with Gasteiger partial charge in [-0.2, -0.15) is 0 Å². The number of ether oxygens (including phenoxy) is 2. The van der Waals surface area contributed by atoms with Crippen LogP contribution in [0.15, 0.2) is 6.07 Å². The van der Waals surface area contributed by atoms with Crippen LogP contribution in [0.2, 0.25) is 5.02 Å². The molecule has 0 radical (unpaired) electrons. The van der Waals surface area contributed by atoms with E-state index in [0.717, 1.165) is 5.56 Å². The lowest BCUT2D eigenvalue weighted by Gasteiger charge is -2.10. The van der Waals surface area contributed by atoms with Gasteiger partial charge in [0.1, 0.15) is 0 Å². The molecule has 0 saturated heterocycles. The Morgan fingerprint density at radius 1 is 1.56 bits per heavy atom. The SMILES string of the molecule is CC(O)Cc1cc(Cl)c(C=O)c2c1OCO2. The fraction of sp³-hybridized carbons (Fsp3) is 0.364. The summed E-state index contributed by atoms with van der Waals surface area (Å²) in [7, 11) is 0. The standard InChI is InChI=1S/C11H11ClO4/c1-6(14)2-7-3-9(12)8(4-13)11-10(7)15-5-16-11/h3-4,6,14H,2,5H2,1H3. The van der Waals surface area contributed by atoms with E-state index in [1.165, 1.54) is 0 Å². The number of aliphatic hydroxyl groups is 1. The second-order valence-corrected chi connectivity index (χ2v) is 4.07. The highest BCUT2D eigenvalue weighted by Gasteiger charge is 2.24. The predicted molar refractivity (Wildman–Crippen MR) is 58.3 cm³/mol. The fourth-order valence-corrected chi connectivity index (χ4v) is 1.96. The molecule has 0 amide bonds. The van der Waals surface area contributed by atoms with Gasteiger partial charge >= 0.3 is 0 Å². The van der Waals surface area contributed by atoms with Crippen molar-refractivity contribution in [2.45, 2.75) is 19.4 Å². The Hall–Kier alpha value is -1.26. The fourth-order valence-electron chi connectivity index (χ4n) is 1.70. The van der Waals surface area contributed by atoms with Crippen LogP contribution in [0.4, 0.5) is 0 Å². The number of carbonyl (C=O) groups excluding carboxylic acids is 1. The molecule has 5 heteroatoms. The van der Waals surface area contributed by atoms with Crippen LogP contribution in [0, 0.1) is 0 Å². The third kappa shape index (κ3) is 1.86. The van der Waals surface area contributed by atoms with Crippen molar-refractivity contribution in [2.75, 3.05) is 6.79 Å². The molecule has 1 aliphatic heterocycles. The molecule has 0 spiro atoms. The van der Waals surface area contributed by atoms with Crippen LogP contribution < -0.4 is 9.47 Å². The van der Waals surface area contributed by atoms with Gasteiger partial charge in [-0.3, -0.25) is 4.79 Å². The molecule has 1 aromatic carbocycles. The lowest BCUT2D eigenvalue weighted by molar-refractivity contribution is 0.111. The lowest BCUT2D eigenvalue weighted by Crippen LogP contribution is -2.05. The van der Waals surface area contributed by atoms with Gasteiger partial charge in [-0.05, 0) is 13.0 Å². The van der Waals surface area contributed by atoms with Gasteiger partial charge in [-0.1, -0.05) is 11.6 Å². The molecule has 86 valence electrons. The van der Waals surface area contributed by atoms with Crippen molar-refractivity contribution in [1.29, 1.82) is 0 Å². The number of hydrogen-bond donors (Lipinski definition) is 1. The zero-order chi connectivity index (χ0) is 11.7. The van der Waals surface area contributed by atoms with Crippen molar-refractivity contribution in [3.05, 3.63) is 22.2 Å². The summed E-state index contributed by atoms with van der Waals surface area (Å²) < 4.78 is 10.5. The normalized spacial score (nSPS) is 14.9. The van der Waals surface area contributed by atoms with E-state index in [0.29, 0.717) is 34.8 Å². The summed E-state index contributed by atoms with van der Waals surface area (Å²) in [5.74, 6) is 0.880. The van der Waals surface area contributed by atoms with Crippen LogP contribution in [-0.4, -0.2) is 24.3 Å².